The fourth-order valence-corrected chi connectivity index (χ4v) is 9.03. The van der Waals surface area contributed by atoms with Crippen molar-refractivity contribution in [2.24, 2.45) is 4.99 Å². The molecule has 3 heterocycles. The summed E-state index contributed by atoms with van der Waals surface area (Å²) in [6, 6.07) is 65.0. The first-order chi connectivity index (χ1) is 25.8. The Balaban J connectivity index is 1.16. The maximum atomic E-state index is 5.28. The third-order valence-corrected chi connectivity index (χ3v) is 11.3. The average molecular weight is 684 g/mol. The van der Waals surface area contributed by atoms with Gasteiger partial charge in [0.1, 0.15) is 6.17 Å². The lowest BCUT2D eigenvalue weighted by molar-refractivity contribution is 0.663. The van der Waals surface area contributed by atoms with Gasteiger partial charge < -0.3 is 9.88 Å². The highest BCUT2D eigenvalue weighted by Crippen LogP contribution is 2.49. The molecule has 1 aliphatic heterocycles. The van der Waals surface area contributed by atoms with Crippen molar-refractivity contribution >= 4 is 54.6 Å². The Morgan fingerprint density at radius 1 is 0.519 bits per heavy atom. The highest BCUT2D eigenvalue weighted by atomic mass is 32.1. The predicted octanol–water partition coefficient (Wildman–Crippen LogP) is 12.5. The fraction of sp³-hybridized carbons (Fsp3) is 0.0208. The summed E-state index contributed by atoms with van der Waals surface area (Å²) < 4.78 is 3.74. The number of thiophene rings is 1. The molecular formula is C48H33N3S. The van der Waals surface area contributed by atoms with E-state index in [0.29, 0.717) is 0 Å². The van der Waals surface area contributed by atoms with Gasteiger partial charge in [-0.15, -0.1) is 11.3 Å². The van der Waals surface area contributed by atoms with Crippen LogP contribution in [-0.4, -0.2) is 10.3 Å². The van der Waals surface area contributed by atoms with Crippen LogP contribution < -0.4 is 5.32 Å². The topological polar surface area (TPSA) is 29.3 Å². The van der Waals surface area contributed by atoms with Gasteiger partial charge in [-0.05, 0) is 58.2 Å². The number of hydrogen-bond donors (Lipinski definition) is 1. The second kappa shape index (κ2) is 12.7. The molecule has 52 heavy (non-hydrogen) atoms. The molecule has 10 rings (SSSR count). The number of hydrogen-bond acceptors (Lipinski definition) is 3. The van der Waals surface area contributed by atoms with Crippen molar-refractivity contribution in [2.75, 3.05) is 0 Å². The maximum Gasteiger partial charge on any atom is 0.145 e. The summed E-state index contributed by atoms with van der Waals surface area (Å²) in [6.45, 7) is 0. The summed E-state index contributed by atoms with van der Waals surface area (Å²) >= 11 is 1.90. The van der Waals surface area contributed by atoms with Crippen molar-refractivity contribution in [1.29, 1.82) is 0 Å². The van der Waals surface area contributed by atoms with Gasteiger partial charge in [0.15, 0.2) is 0 Å². The summed E-state index contributed by atoms with van der Waals surface area (Å²) in [6.07, 6.45) is 1.91. The Bertz CT molecular complexity index is 2790. The Morgan fingerprint density at radius 3 is 1.88 bits per heavy atom. The second-order valence-electron chi connectivity index (χ2n) is 13.2. The van der Waals surface area contributed by atoms with Crippen LogP contribution in [0.4, 0.5) is 0 Å². The smallest absolute Gasteiger partial charge is 0.145 e. The SMILES string of the molecule is C1=C(c2ccccc2)NC(c2cccc(-n3c4ccccc4c4c5sc(-c6ccccc6)c(-c6ccccc6)c5ccc43)c2)N=C1c1ccccc1. The van der Waals surface area contributed by atoms with E-state index in [9.17, 15) is 0 Å². The summed E-state index contributed by atoms with van der Waals surface area (Å²) in [7, 11) is 0. The monoisotopic (exact) mass is 683 g/mol. The van der Waals surface area contributed by atoms with Crippen molar-refractivity contribution in [3.05, 3.63) is 205 Å². The molecular weight excluding hydrogens is 651 g/mol. The zero-order valence-electron chi connectivity index (χ0n) is 28.3. The van der Waals surface area contributed by atoms with Crippen LogP contribution in [0.15, 0.2) is 193 Å². The summed E-state index contributed by atoms with van der Waals surface area (Å²) in [5.74, 6) is 0. The molecule has 0 fully saturated rings. The summed E-state index contributed by atoms with van der Waals surface area (Å²) in [5.41, 5.74) is 12.6. The molecule has 1 aliphatic rings. The van der Waals surface area contributed by atoms with Gasteiger partial charge in [-0.25, -0.2) is 0 Å². The summed E-state index contributed by atoms with van der Waals surface area (Å²) in [4.78, 5) is 6.57. The normalized spacial score (nSPS) is 14.3. The number of rotatable bonds is 6. The number of nitrogens with zero attached hydrogens (tertiary/aromatic N) is 2. The van der Waals surface area contributed by atoms with E-state index < -0.39 is 0 Å². The quantitative estimate of drug-likeness (QED) is 0.186. The second-order valence-corrected chi connectivity index (χ2v) is 14.2. The molecule has 1 unspecified atom stereocenters. The highest BCUT2D eigenvalue weighted by molar-refractivity contribution is 7.24. The van der Waals surface area contributed by atoms with Gasteiger partial charge >= 0.3 is 0 Å². The lowest BCUT2D eigenvalue weighted by Gasteiger charge is -2.25. The molecule has 4 heteroatoms. The lowest BCUT2D eigenvalue weighted by Crippen LogP contribution is -2.25. The Kier molecular flexibility index (Phi) is 7.40. The van der Waals surface area contributed by atoms with E-state index in [2.05, 4.69) is 198 Å². The van der Waals surface area contributed by atoms with E-state index in [4.69, 9.17) is 4.99 Å². The standard InChI is InChI=1S/C48H33N3S/c1-5-16-32(17-6-1)40-31-41(33-18-7-2-8-19-33)50-48(49-40)36-24-15-25-37(30-36)51-42-27-14-13-26-38(42)45-43(51)29-28-39-44(34-20-9-3-10-21-34)46(52-47(39)45)35-22-11-4-12-23-35/h1-31,48-49H. The molecule has 0 aliphatic carbocycles. The molecule has 0 spiro atoms. The predicted molar refractivity (Wildman–Crippen MR) is 220 cm³/mol. The molecule has 0 saturated heterocycles. The third-order valence-electron chi connectivity index (χ3n) is 10.0. The number of benzene rings is 7. The minimum atomic E-state index is -0.255. The molecule has 0 radical (unpaired) electrons. The minimum Gasteiger partial charge on any atom is -0.360 e. The average Bonchev–Trinajstić information content (AvgIpc) is 3.78. The van der Waals surface area contributed by atoms with Gasteiger partial charge in [-0.1, -0.05) is 158 Å². The van der Waals surface area contributed by atoms with Crippen LogP contribution in [0.2, 0.25) is 0 Å². The molecule has 246 valence electrons. The molecule has 0 bridgehead atoms. The fourth-order valence-electron chi connectivity index (χ4n) is 7.65. The van der Waals surface area contributed by atoms with Gasteiger partial charge in [0.05, 0.1) is 16.7 Å². The zero-order chi connectivity index (χ0) is 34.4. The van der Waals surface area contributed by atoms with E-state index in [1.807, 2.05) is 11.3 Å². The number of nitrogens with one attached hydrogen (secondary N) is 1. The van der Waals surface area contributed by atoms with Gasteiger partial charge in [-0.2, -0.15) is 0 Å². The lowest BCUT2D eigenvalue weighted by atomic mass is 9.98. The van der Waals surface area contributed by atoms with Crippen LogP contribution in [0.3, 0.4) is 0 Å². The Morgan fingerprint density at radius 2 is 1.15 bits per heavy atom. The van der Waals surface area contributed by atoms with Crippen LogP contribution in [0.25, 0.3) is 64.8 Å². The van der Waals surface area contributed by atoms with Gasteiger partial charge in [0.25, 0.3) is 0 Å². The van der Waals surface area contributed by atoms with Crippen LogP contribution >= 0.6 is 11.3 Å². The van der Waals surface area contributed by atoms with Crippen LogP contribution in [0.1, 0.15) is 22.9 Å². The van der Waals surface area contributed by atoms with Crippen molar-refractivity contribution in [1.82, 2.24) is 9.88 Å². The van der Waals surface area contributed by atoms with E-state index in [0.717, 1.165) is 33.8 Å². The zero-order valence-corrected chi connectivity index (χ0v) is 29.1. The van der Waals surface area contributed by atoms with Gasteiger partial charge in [-0.3, -0.25) is 4.99 Å². The van der Waals surface area contributed by atoms with Crippen molar-refractivity contribution in [3.8, 4) is 27.3 Å². The first kappa shape index (κ1) is 30.3. The number of fused-ring (bicyclic) bond motifs is 5. The Hall–Kier alpha value is -6.49. The van der Waals surface area contributed by atoms with E-state index in [-0.39, 0.29) is 6.17 Å². The van der Waals surface area contributed by atoms with Gasteiger partial charge in [0, 0.05) is 42.7 Å². The molecule has 1 atom stereocenters. The molecule has 9 aromatic rings. The Labute approximate surface area is 306 Å². The van der Waals surface area contributed by atoms with E-state index in [1.54, 1.807) is 0 Å². The molecule has 1 N–H and O–H groups in total. The van der Waals surface area contributed by atoms with Crippen molar-refractivity contribution < 1.29 is 0 Å². The van der Waals surface area contributed by atoms with Crippen molar-refractivity contribution in [2.45, 2.75) is 6.17 Å². The van der Waals surface area contributed by atoms with E-state index >= 15 is 0 Å². The number of aromatic nitrogens is 1. The molecule has 7 aromatic carbocycles. The minimum absolute atomic E-state index is 0.255. The van der Waals surface area contributed by atoms with Crippen LogP contribution in [-0.2, 0) is 0 Å². The largest absolute Gasteiger partial charge is 0.360 e. The molecule has 3 nitrogen and oxygen atoms in total. The van der Waals surface area contributed by atoms with Crippen molar-refractivity contribution in [3.63, 3.8) is 0 Å². The molecule has 0 saturated carbocycles. The van der Waals surface area contributed by atoms with Crippen LogP contribution in [0.5, 0.6) is 0 Å². The first-order valence-corrected chi connectivity index (χ1v) is 18.5. The number of allylic oxidation sites excluding steroid dienone is 1. The molecule has 2 aromatic heterocycles. The summed E-state index contributed by atoms with van der Waals surface area (Å²) in [5, 5.41) is 7.59. The molecule has 0 amide bonds. The van der Waals surface area contributed by atoms with Gasteiger partial charge in [0.2, 0.25) is 0 Å². The maximum absolute atomic E-state index is 5.28. The number of para-hydroxylation sites is 1. The first-order valence-electron chi connectivity index (χ1n) is 17.7. The highest BCUT2D eigenvalue weighted by Gasteiger charge is 2.23. The third kappa shape index (κ3) is 5.15. The number of aliphatic imine (C=N–C) groups is 1. The van der Waals surface area contributed by atoms with Crippen LogP contribution in [0, 0.1) is 0 Å². The van der Waals surface area contributed by atoms with E-state index in [1.165, 1.54) is 53.5 Å².